The number of hydrogen-bond acceptors (Lipinski definition) is 5. The van der Waals surface area contributed by atoms with Crippen molar-refractivity contribution < 1.29 is 30.0 Å². The van der Waals surface area contributed by atoms with Gasteiger partial charge < -0.3 is 25.2 Å². The molecule has 0 radical (unpaired) electrons. The number of unbranched alkanes of at least 4 members (excludes halogenated alkanes) is 3. The van der Waals surface area contributed by atoms with Crippen molar-refractivity contribution in [3.8, 4) is 0 Å². The van der Waals surface area contributed by atoms with E-state index in [9.17, 15) is 20.1 Å². The predicted octanol–water partition coefficient (Wildman–Crippen LogP) is 2.56. The highest BCUT2D eigenvalue weighted by Gasteiger charge is 2.36. The molecule has 4 N–H and O–H groups in total. The molecule has 5 atom stereocenters. The van der Waals surface area contributed by atoms with Gasteiger partial charge in [-0.15, -0.1) is 0 Å². The fourth-order valence-electron chi connectivity index (χ4n) is 2.98. The minimum Gasteiger partial charge on any atom is -0.481 e. The minimum atomic E-state index is -0.905. The molecule has 6 nitrogen and oxygen atoms in total. The largest absolute Gasteiger partial charge is 0.481 e. The van der Waals surface area contributed by atoms with Crippen LogP contribution in [0.15, 0.2) is 24.3 Å². The third kappa shape index (κ3) is 9.48. The molecule has 0 aliphatic carbocycles. The number of rotatable bonds is 13. The lowest BCUT2D eigenvalue weighted by Gasteiger charge is -2.16. The lowest BCUT2D eigenvalue weighted by molar-refractivity contribution is -0.137. The third-order valence-electron chi connectivity index (χ3n) is 4.56. The Bertz CT molecular complexity index is 448. The Morgan fingerprint density at radius 3 is 2.65 bits per heavy atom. The van der Waals surface area contributed by atoms with Crippen LogP contribution in [0.4, 0.5) is 0 Å². The summed E-state index contributed by atoms with van der Waals surface area (Å²) in [5.41, 5.74) is 0. The summed E-state index contributed by atoms with van der Waals surface area (Å²) in [5.74, 6) is -0.889. The Labute approximate surface area is 156 Å². The topological polar surface area (TPSA) is 107 Å². The van der Waals surface area contributed by atoms with Gasteiger partial charge in [0.15, 0.2) is 0 Å². The molecule has 6 heteroatoms. The number of aliphatic hydroxyl groups is 3. The van der Waals surface area contributed by atoms with Gasteiger partial charge in [0.2, 0.25) is 0 Å². The molecule has 0 aromatic heterocycles. The first-order valence-electron chi connectivity index (χ1n) is 9.68. The number of hydrogen-bond donors (Lipinski definition) is 4. The van der Waals surface area contributed by atoms with Gasteiger partial charge in [-0.1, -0.05) is 44.1 Å². The van der Waals surface area contributed by atoms with Crippen molar-refractivity contribution in [3.05, 3.63) is 24.3 Å². The number of aliphatic hydroxyl groups excluding tert-OH is 3. The normalized spacial score (nSPS) is 25.9. The Morgan fingerprint density at radius 2 is 1.96 bits per heavy atom. The molecule has 1 aliphatic rings. The fourth-order valence-corrected chi connectivity index (χ4v) is 2.98. The molecular weight excluding hydrogens is 336 g/mol. The summed E-state index contributed by atoms with van der Waals surface area (Å²) >= 11 is 0. The van der Waals surface area contributed by atoms with Crippen molar-refractivity contribution in [2.45, 2.75) is 95.2 Å². The zero-order chi connectivity index (χ0) is 19.4. The summed E-state index contributed by atoms with van der Waals surface area (Å²) in [6.45, 7) is 2.17. The molecule has 150 valence electrons. The average Bonchev–Trinajstić information content (AvgIpc) is 2.96. The van der Waals surface area contributed by atoms with Gasteiger partial charge in [-0.05, 0) is 32.1 Å². The van der Waals surface area contributed by atoms with E-state index in [1.807, 2.05) is 6.08 Å². The van der Waals surface area contributed by atoms with Gasteiger partial charge in [-0.25, -0.2) is 0 Å². The summed E-state index contributed by atoms with van der Waals surface area (Å²) in [6.07, 6.45) is 10.3. The lowest BCUT2D eigenvalue weighted by atomic mass is 10.0. The molecule has 1 heterocycles. The molecular formula is C20H34O6. The molecule has 0 unspecified atom stereocenters. The van der Waals surface area contributed by atoms with E-state index < -0.39 is 30.4 Å². The van der Waals surface area contributed by atoms with Crippen molar-refractivity contribution in [2.75, 3.05) is 0 Å². The smallest absolute Gasteiger partial charge is 0.303 e. The molecule has 0 aromatic rings. The van der Waals surface area contributed by atoms with Crippen LogP contribution < -0.4 is 0 Å². The van der Waals surface area contributed by atoms with Gasteiger partial charge in [0.1, 0.15) is 0 Å². The van der Waals surface area contributed by atoms with Crippen LogP contribution in [-0.2, 0) is 9.53 Å². The van der Waals surface area contributed by atoms with Crippen molar-refractivity contribution in [1.82, 2.24) is 0 Å². The van der Waals surface area contributed by atoms with Gasteiger partial charge in [-0.3, -0.25) is 4.79 Å². The minimum absolute atomic E-state index is 0.0129. The van der Waals surface area contributed by atoms with E-state index >= 15 is 0 Å². The van der Waals surface area contributed by atoms with Gasteiger partial charge in [0.25, 0.3) is 0 Å². The maximum Gasteiger partial charge on any atom is 0.303 e. The Kier molecular flexibility index (Phi) is 11.4. The Balaban J connectivity index is 2.31. The van der Waals surface area contributed by atoms with E-state index in [4.69, 9.17) is 9.84 Å². The molecule has 1 rings (SSSR count). The molecule has 1 aliphatic heterocycles. The van der Waals surface area contributed by atoms with E-state index in [1.165, 1.54) is 31.4 Å². The number of ether oxygens (including phenoxy) is 1. The maximum absolute atomic E-state index is 10.4. The van der Waals surface area contributed by atoms with Crippen LogP contribution in [0.2, 0.25) is 0 Å². The van der Waals surface area contributed by atoms with E-state index in [-0.39, 0.29) is 12.5 Å². The molecule has 0 aromatic carbocycles. The first-order valence-corrected chi connectivity index (χ1v) is 9.68. The molecule has 1 fully saturated rings. The highest BCUT2D eigenvalue weighted by molar-refractivity contribution is 5.66. The molecule has 1 saturated heterocycles. The highest BCUT2D eigenvalue weighted by Crippen LogP contribution is 2.26. The number of allylic oxidation sites excluding steroid dienone is 1. The molecule has 0 bridgehead atoms. The van der Waals surface area contributed by atoms with Crippen molar-refractivity contribution in [2.24, 2.45) is 0 Å². The van der Waals surface area contributed by atoms with Gasteiger partial charge in [0.05, 0.1) is 30.5 Å². The molecule has 26 heavy (non-hydrogen) atoms. The van der Waals surface area contributed by atoms with Gasteiger partial charge in [0, 0.05) is 12.8 Å². The Morgan fingerprint density at radius 1 is 1.19 bits per heavy atom. The maximum atomic E-state index is 10.4. The van der Waals surface area contributed by atoms with Crippen molar-refractivity contribution >= 4 is 5.97 Å². The van der Waals surface area contributed by atoms with Gasteiger partial charge >= 0.3 is 5.97 Å². The summed E-state index contributed by atoms with van der Waals surface area (Å²) in [7, 11) is 0. The second-order valence-electron chi connectivity index (χ2n) is 6.95. The Hall–Kier alpha value is -1.21. The summed E-state index contributed by atoms with van der Waals surface area (Å²) < 4.78 is 5.75. The fraction of sp³-hybridized carbons (Fsp3) is 0.750. The van der Waals surface area contributed by atoms with Crippen LogP contribution in [0.25, 0.3) is 0 Å². The first-order chi connectivity index (χ1) is 12.4. The summed E-state index contributed by atoms with van der Waals surface area (Å²) in [5, 5.41) is 38.6. The summed E-state index contributed by atoms with van der Waals surface area (Å²) in [6, 6.07) is 0. The predicted molar refractivity (Wildman–Crippen MR) is 99.8 cm³/mol. The van der Waals surface area contributed by atoms with Gasteiger partial charge in [-0.2, -0.15) is 0 Å². The van der Waals surface area contributed by atoms with E-state index in [1.54, 1.807) is 0 Å². The third-order valence-corrected chi connectivity index (χ3v) is 4.56. The van der Waals surface area contributed by atoms with Crippen LogP contribution in [-0.4, -0.2) is 56.9 Å². The molecule has 0 saturated carbocycles. The lowest BCUT2D eigenvalue weighted by Crippen LogP contribution is -2.24. The van der Waals surface area contributed by atoms with Crippen LogP contribution in [0.3, 0.4) is 0 Å². The van der Waals surface area contributed by atoms with Crippen molar-refractivity contribution in [3.63, 3.8) is 0 Å². The highest BCUT2D eigenvalue weighted by atomic mass is 16.5. The molecule has 0 amide bonds. The van der Waals surface area contributed by atoms with E-state index in [2.05, 4.69) is 13.0 Å². The standard InChI is InChI=1S/C20H34O6/c1-2-3-4-5-6-7-10-18-17(23)14-19(26-18)16(22)13-12-15(21)9-8-11-20(24)25/h6-7,12-13,15-19,21-23H,2-5,8-11,14H2,1H3,(H,24,25)/b7-6-,13-12+/t15-,16+,17+,18+,19+/m1/s1. The number of carboxylic acid groups (broad SMARTS) is 1. The zero-order valence-electron chi connectivity index (χ0n) is 15.7. The first kappa shape index (κ1) is 22.8. The molecule has 0 spiro atoms. The SMILES string of the molecule is CCCCC/C=C\C[C@@H]1O[C@H]([C@@H](O)/C=C/[C@H](O)CCCC(=O)O)C[C@@H]1O. The van der Waals surface area contributed by atoms with E-state index in [0.717, 1.165) is 6.42 Å². The zero-order valence-corrected chi connectivity index (χ0v) is 15.7. The van der Waals surface area contributed by atoms with Crippen LogP contribution in [0.5, 0.6) is 0 Å². The average molecular weight is 370 g/mol. The van der Waals surface area contributed by atoms with Crippen LogP contribution >= 0.6 is 0 Å². The number of carboxylic acids is 1. The van der Waals surface area contributed by atoms with Crippen LogP contribution in [0, 0.1) is 0 Å². The van der Waals surface area contributed by atoms with Crippen molar-refractivity contribution in [1.29, 1.82) is 0 Å². The number of carbonyl (C=O) groups is 1. The monoisotopic (exact) mass is 370 g/mol. The number of aliphatic carboxylic acids is 1. The van der Waals surface area contributed by atoms with E-state index in [0.29, 0.717) is 25.7 Å². The second-order valence-corrected chi connectivity index (χ2v) is 6.95. The quantitative estimate of drug-likeness (QED) is 0.293. The second kappa shape index (κ2) is 13.0. The summed E-state index contributed by atoms with van der Waals surface area (Å²) in [4.78, 5) is 10.4. The van der Waals surface area contributed by atoms with Crippen LogP contribution in [0.1, 0.15) is 64.7 Å².